The first-order valence-electron chi connectivity index (χ1n) is 7.74. The molecule has 1 aliphatic rings. The Balaban J connectivity index is 1.83. The summed E-state index contributed by atoms with van der Waals surface area (Å²) in [6, 6.07) is 9.76. The predicted molar refractivity (Wildman–Crippen MR) is 82.8 cm³/mol. The van der Waals surface area contributed by atoms with Gasteiger partial charge in [0.15, 0.2) is 0 Å². The van der Waals surface area contributed by atoms with Crippen LogP contribution < -0.4 is 0 Å². The van der Waals surface area contributed by atoms with Crippen LogP contribution in [-0.4, -0.2) is 18.2 Å². The second-order valence-electron chi connectivity index (χ2n) is 6.99. The van der Waals surface area contributed by atoms with Gasteiger partial charge in [-0.15, -0.1) is 0 Å². The fourth-order valence-corrected chi connectivity index (χ4v) is 2.68. The molecule has 0 bridgehead atoms. The summed E-state index contributed by atoms with van der Waals surface area (Å²) in [6.07, 6.45) is 2.16. The van der Waals surface area contributed by atoms with Gasteiger partial charge in [-0.25, -0.2) is 0 Å². The van der Waals surface area contributed by atoms with Crippen LogP contribution in [0.2, 0.25) is 0 Å². The molecule has 1 fully saturated rings. The second-order valence-corrected chi connectivity index (χ2v) is 6.99. The van der Waals surface area contributed by atoms with E-state index in [1.165, 1.54) is 0 Å². The Morgan fingerprint density at radius 3 is 2.52 bits per heavy atom. The molecule has 3 atom stereocenters. The van der Waals surface area contributed by atoms with Crippen molar-refractivity contribution in [1.82, 2.24) is 0 Å². The summed E-state index contributed by atoms with van der Waals surface area (Å²) >= 11 is 0. The Morgan fingerprint density at radius 2 is 1.95 bits per heavy atom. The average Bonchev–Trinajstić information content (AvgIpc) is 2.95. The number of carbonyl (C=O) groups is 1. The highest BCUT2D eigenvalue weighted by molar-refractivity contribution is 5.72. The summed E-state index contributed by atoms with van der Waals surface area (Å²) in [5, 5.41) is 0. The maximum Gasteiger partial charge on any atom is 0.311 e. The van der Waals surface area contributed by atoms with Crippen LogP contribution in [0.4, 0.5) is 0 Å². The molecule has 0 saturated carbocycles. The molecule has 1 aliphatic heterocycles. The van der Waals surface area contributed by atoms with Gasteiger partial charge in [0.2, 0.25) is 0 Å². The number of benzene rings is 1. The average molecular weight is 290 g/mol. The lowest BCUT2D eigenvalue weighted by Gasteiger charge is -2.28. The molecule has 0 aromatic heterocycles. The van der Waals surface area contributed by atoms with Crippen LogP contribution in [0.25, 0.3) is 0 Å². The van der Waals surface area contributed by atoms with Crippen molar-refractivity contribution in [2.24, 2.45) is 11.3 Å². The summed E-state index contributed by atoms with van der Waals surface area (Å²) in [5.41, 5.74) is 1.14. The zero-order valence-corrected chi connectivity index (χ0v) is 13.5. The largest absolute Gasteiger partial charge is 0.461 e. The van der Waals surface area contributed by atoms with Gasteiger partial charge in [-0.05, 0) is 30.7 Å². The van der Waals surface area contributed by atoms with Crippen molar-refractivity contribution in [3.05, 3.63) is 35.9 Å². The molecule has 0 aliphatic carbocycles. The minimum Gasteiger partial charge on any atom is -0.461 e. The van der Waals surface area contributed by atoms with E-state index in [-0.39, 0.29) is 29.5 Å². The van der Waals surface area contributed by atoms with E-state index in [0.717, 1.165) is 18.4 Å². The fraction of sp³-hybridized carbons (Fsp3) is 0.611. The second kappa shape index (κ2) is 6.61. The quantitative estimate of drug-likeness (QED) is 0.787. The smallest absolute Gasteiger partial charge is 0.311 e. The summed E-state index contributed by atoms with van der Waals surface area (Å²) in [5.74, 6) is -0.375. The summed E-state index contributed by atoms with van der Waals surface area (Å²) < 4.78 is 11.5. The van der Waals surface area contributed by atoms with Gasteiger partial charge in [-0.2, -0.15) is 0 Å². The van der Waals surface area contributed by atoms with Gasteiger partial charge in [-0.1, -0.05) is 51.1 Å². The van der Waals surface area contributed by atoms with Crippen molar-refractivity contribution in [2.75, 3.05) is 0 Å². The van der Waals surface area contributed by atoms with E-state index >= 15 is 0 Å². The molecule has 0 amide bonds. The Morgan fingerprint density at radius 1 is 1.29 bits per heavy atom. The van der Waals surface area contributed by atoms with Gasteiger partial charge in [0, 0.05) is 0 Å². The van der Waals surface area contributed by atoms with Crippen LogP contribution >= 0.6 is 0 Å². The maximum absolute atomic E-state index is 12.2. The molecule has 2 rings (SSSR count). The zero-order chi connectivity index (χ0) is 15.5. The number of ether oxygens (including phenoxy) is 2. The van der Waals surface area contributed by atoms with Crippen molar-refractivity contribution in [3.63, 3.8) is 0 Å². The molecule has 1 heterocycles. The van der Waals surface area contributed by atoms with E-state index in [0.29, 0.717) is 6.61 Å². The number of hydrogen-bond donors (Lipinski definition) is 0. The Kier molecular flexibility index (Phi) is 5.04. The third kappa shape index (κ3) is 4.31. The van der Waals surface area contributed by atoms with E-state index < -0.39 is 0 Å². The third-order valence-corrected chi connectivity index (χ3v) is 4.17. The van der Waals surface area contributed by atoms with E-state index in [2.05, 4.69) is 20.8 Å². The van der Waals surface area contributed by atoms with Crippen molar-refractivity contribution >= 4 is 5.97 Å². The van der Waals surface area contributed by atoms with Crippen molar-refractivity contribution in [1.29, 1.82) is 0 Å². The van der Waals surface area contributed by atoms with Gasteiger partial charge in [0.25, 0.3) is 0 Å². The Hall–Kier alpha value is -1.35. The molecule has 3 nitrogen and oxygen atoms in total. The van der Waals surface area contributed by atoms with E-state index in [4.69, 9.17) is 9.47 Å². The van der Waals surface area contributed by atoms with E-state index in [9.17, 15) is 4.79 Å². The number of esters is 1. The summed E-state index contributed by atoms with van der Waals surface area (Å²) in [6.45, 7) is 8.78. The highest BCUT2D eigenvalue weighted by Crippen LogP contribution is 2.35. The molecule has 0 spiro atoms. The molecular formula is C18H26O3. The maximum atomic E-state index is 12.2. The van der Waals surface area contributed by atoms with Crippen molar-refractivity contribution < 1.29 is 14.3 Å². The fourth-order valence-electron chi connectivity index (χ4n) is 2.68. The van der Waals surface area contributed by atoms with Crippen LogP contribution in [0.1, 0.15) is 46.1 Å². The van der Waals surface area contributed by atoms with Crippen LogP contribution in [0.15, 0.2) is 30.3 Å². The minimum atomic E-state index is -0.207. The molecule has 116 valence electrons. The first kappa shape index (κ1) is 16.0. The first-order valence-corrected chi connectivity index (χ1v) is 7.74. The molecular weight excluding hydrogens is 264 g/mol. The monoisotopic (exact) mass is 290 g/mol. The van der Waals surface area contributed by atoms with Gasteiger partial charge in [-0.3, -0.25) is 4.79 Å². The van der Waals surface area contributed by atoms with Crippen LogP contribution in [0, 0.1) is 11.3 Å². The van der Waals surface area contributed by atoms with Gasteiger partial charge < -0.3 is 9.47 Å². The van der Waals surface area contributed by atoms with E-state index in [1.807, 2.05) is 37.3 Å². The summed E-state index contributed by atoms with van der Waals surface area (Å²) in [7, 11) is 0. The van der Waals surface area contributed by atoms with Gasteiger partial charge in [0.1, 0.15) is 6.61 Å². The van der Waals surface area contributed by atoms with Crippen LogP contribution in [0.5, 0.6) is 0 Å². The van der Waals surface area contributed by atoms with Crippen LogP contribution in [-0.2, 0) is 20.9 Å². The minimum absolute atomic E-state index is 0.0162. The van der Waals surface area contributed by atoms with E-state index in [1.54, 1.807) is 0 Å². The topological polar surface area (TPSA) is 35.5 Å². The highest BCUT2D eigenvalue weighted by Gasteiger charge is 2.38. The molecule has 1 aromatic rings. The molecule has 1 unspecified atom stereocenters. The molecule has 1 saturated heterocycles. The van der Waals surface area contributed by atoms with Gasteiger partial charge in [0.05, 0.1) is 18.1 Å². The summed E-state index contributed by atoms with van der Waals surface area (Å²) in [4.78, 5) is 12.2. The normalized spacial score (nSPS) is 23.8. The highest BCUT2D eigenvalue weighted by atomic mass is 16.5. The third-order valence-electron chi connectivity index (χ3n) is 4.17. The lowest BCUT2D eigenvalue weighted by atomic mass is 9.87. The number of rotatable bonds is 4. The molecule has 0 radical (unpaired) electrons. The van der Waals surface area contributed by atoms with Gasteiger partial charge >= 0.3 is 5.97 Å². The van der Waals surface area contributed by atoms with Crippen molar-refractivity contribution in [2.45, 2.75) is 59.4 Å². The standard InChI is InChI=1S/C18H26O3/c1-13(15-10-11-16(21-15)18(2,3)4)17(19)20-12-14-8-6-5-7-9-14/h5-9,13,15-16H,10-12H2,1-4H3/t13?,15-,16+/m1/s1. The number of carbonyl (C=O) groups excluding carboxylic acids is 1. The Bertz CT molecular complexity index is 461. The molecule has 1 aromatic carbocycles. The van der Waals surface area contributed by atoms with Crippen molar-refractivity contribution in [3.8, 4) is 0 Å². The Labute approximate surface area is 127 Å². The predicted octanol–water partition coefficient (Wildman–Crippen LogP) is 3.96. The molecule has 21 heavy (non-hydrogen) atoms. The molecule has 0 N–H and O–H groups in total. The SMILES string of the molecule is CC(C(=O)OCc1ccccc1)[C@H]1CC[C@@H](C(C)(C)C)O1. The first-order chi connectivity index (χ1) is 9.88. The lowest BCUT2D eigenvalue weighted by molar-refractivity contribution is -0.155. The van der Waals surface area contributed by atoms with Crippen LogP contribution in [0.3, 0.4) is 0 Å². The number of hydrogen-bond acceptors (Lipinski definition) is 3. The lowest BCUT2D eigenvalue weighted by Crippen LogP contribution is -2.31. The molecule has 3 heteroatoms. The zero-order valence-electron chi connectivity index (χ0n) is 13.5.